The molecule has 0 aliphatic rings. The van der Waals surface area contributed by atoms with Gasteiger partial charge in [-0.2, -0.15) is 0 Å². The van der Waals surface area contributed by atoms with Crippen molar-refractivity contribution in [3.63, 3.8) is 0 Å². The van der Waals surface area contributed by atoms with Crippen LogP contribution in [0.3, 0.4) is 0 Å². The number of halogens is 1. The van der Waals surface area contributed by atoms with E-state index in [9.17, 15) is 13.2 Å². The van der Waals surface area contributed by atoms with Crippen LogP contribution in [-0.2, 0) is 10.0 Å². The number of nitrogens with one attached hydrogen (secondary N) is 2. The molecular weight excluding hydrogens is 444 g/mol. The summed E-state index contributed by atoms with van der Waals surface area (Å²) in [5.74, 6) is 0. The molecule has 7 nitrogen and oxygen atoms in total. The molecule has 0 spiro atoms. The second-order valence-corrected chi connectivity index (χ2v) is 8.69. The summed E-state index contributed by atoms with van der Waals surface area (Å²) in [4.78, 5) is 16.0. The fourth-order valence-corrected chi connectivity index (χ4v) is 4.10. The molecule has 28 heavy (non-hydrogen) atoms. The Morgan fingerprint density at radius 3 is 2.18 bits per heavy atom. The molecule has 9 heteroatoms. The number of carbonyl (C=O) groups is 1. The summed E-state index contributed by atoms with van der Waals surface area (Å²) in [6.45, 7) is 0. The highest BCUT2D eigenvalue weighted by atomic mass is 79.9. The fourth-order valence-electron chi connectivity index (χ4n) is 2.40. The van der Waals surface area contributed by atoms with Crippen molar-refractivity contribution >= 4 is 49.0 Å². The van der Waals surface area contributed by atoms with Crippen LogP contribution in [0.2, 0.25) is 0 Å². The van der Waals surface area contributed by atoms with E-state index in [1.54, 1.807) is 36.4 Å². The number of pyridine rings is 1. The van der Waals surface area contributed by atoms with E-state index in [0.29, 0.717) is 21.5 Å². The summed E-state index contributed by atoms with van der Waals surface area (Å²) >= 11 is 3.22. The van der Waals surface area contributed by atoms with Crippen LogP contribution in [0.25, 0.3) is 0 Å². The third-order valence-corrected chi connectivity index (χ3v) is 6.04. The van der Waals surface area contributed by atoms with Gasteiger partial charge in [-0.05, 0) is 58.4 Å². The smallest absolute Gasteiger partial charge is 0.308 e. The van der Waals surface area contributed by atoms with Crippen molar-refractivity contribution in [1.29, 1.82) is 0 Å². The quantitative estimate of drug-likeness (QED) is 0.593. The standard InChI is InChI=1S/C19H17BrN4O3S/c1-24(28(26,27)18-11-14(20)12-21-13-18)17-9-7-16(8-10-17)23-19(25)22-15-5-3-2-4-6-15/h2-13H,1H3,(H2,22,23,25). The Labute approximate surface area is 171 Å². The molecule has 0 saturated heterocycles. The van der Waals surface area contributed by atoms with Crippen LogP contribution < -0.4 is 14.9 Å². The minimum absolute atomic E-state index is 0.0776. The van der Waals surface area contributed by atoms with Gasteiger partial charge in [0.2, 0.25) is 0 Å². The molecule has 0 fully saturated rings. The summed E-state index contributed by atoms with van der Waals surface area (Å²) in [6, 6.07) is 16.6. The molecule has 0 bridgehead atoms. The molecule has 1 heterocycles. The minimum Gasteiger partial charge on any atom is -0.308 e. The van der Waals surface area contributed by atoms with E-state index in [1.807, 2.05) is 18.2 Å². The number of urea groups is 1. The average Bonchev–Trinajstić information content (AvgIpc) is 2.68. The van der Waals surface area contributed by atoms with Gasteiger partial charge < -0.3 is 10.6 Å². The number of para-hydroxylation sites is 1. The Bertz CT molecular complexity index is 1070. The minimum atomic E-state index is -3.75. The molecule has 2 amide bonds. The Morgan fingerprint density at radius 2 is 1.57 bits per heavy atom. The molecule has 0 unspecified atom stereocenters. The van der Waals surface area contributed by atoms with E-state index in [-0.39, 0.29) is 10.9 Å². The highest BCUT2D eigenvalue weighted by Crippen LogP contribution is 2.24. The molecule has 144 valence electrons. The maximum absolute atomic E-state index is 12.7. The molecule has 0 atom stereocenters. The van der Waals surface area contributed by atoms with E-state index in [0.717, 1.165) is 4.31 Å². The third kappa shape index (κ3) is 4.68. The lowest BCUT2D eigenvalue weighted by atomic mass is 10.3. The van der Waals surface area contributed by atoms with Gasteiger partial charge in [-0.25, -0.2) is 13.2 Å². The van der Waals surface area contributed by atoms with Gasteiger partial charge in [-0.15, -0.1) is 0 Å². The first-order chi connectivity index (χ1) is 13.4. The molecule has 0 radical (unpaired) electrons. The number of hydrogen-bond donors (Lipinski definition) is 2. The summed E-state index contributed by atoms with van der Waals surface area (Å²) < 4.78 is 27.2. The SMILES string of the molecule is CN(c1ccc(NC(=O)Nc2ccccc2)cc1)S(=O)(=O)c1cncc(Br)c1. The molecule has 3 aromatic rings. The van der Waals surface area contributed by atoms with Gasteiger partial charge in [-0.1, -0.05) is 18.2 Å². The first kappa shape index (κ1) is 19.8. The van der Waals surface area contributed by atoms with Gasteiger partial charge in [0.15, 0.2) is 0 Å². The van der Waals surface area contributed by atoms with Crippen molar-refractivity contribution in [3.8, 4) is 0 Å². The molecule has 0 aliphatic heterocycles. The van der Waals surface area contributed by atoms with Gasteiger partial charge in [0.05, 0.1) is 5.69 Å². The molecule has 2 aromatic carbocycles. The number of carbonyl (C=O) groups excluding carboxylic acids is 1. The van der Waals surface area contributed by atoms with E-state index in [2.05, 4.69) is 31.5 Å². The Balaban J connectivity index is 1.70. The van der Waals surface area contributed by atoms with E-state index >= 15 is 0 Å². The first-order valence-corrected chi connectivity index (χ1v) is 10.4. The van der Waals surface area contributed by atoms with E-state index in [4.69, 9.17) is 0 Å². The Kier molecular flexibility index (Phi) is 5.96. The summed E-state index contributed by atoms with van der Waals surface area (Å²) in [5, 5.41) is 5.41. The summed E-state index contributed by atoms with van der Waals surface area (Å²) in [5.41, 5.74) is 1.66. The molecular formula is C19H17BrN4O3S. The van der Waals surface area contributed by atoms with Gasteiger partial charge in [0.25, 0.3) is 10.0 Å². The molecule has 1 aromatic heterocycles. The maximum atomic E-state index is 12.7. The number of rotatable bonds is 5. The first-order valence-electron chi connectivity index (χ1n) is 8.19. The largest absolute Gasteiger partial charge is 0.323 e. The Hall–Kier alpha value is -2.91. The van der Waals surface area contributed by atoms with Gasteiger partial charge in [-0.3, -0.25) is 9.29 Å². The van der Waals surface area contributed by atoms with Crippen LogP contribution in [0.4, 0.5) is 21.9 Å². The molecule has 2 N–H and O–H groups in total. The summed E-state index contributed by atoms with van der Waals surface area (Å²) in [7, 11) is -2.29. The van der Waals surface area contributed by atoms with Crippen molar-refractivity contribution in [2.24, 2.45) is 0 Å². The predicted octanol–water partition coefficient (Wildman–Crippen LogP) is 4.31. The van der Waals surface area contributed by atoms with Crippen molar-refractivity contribution in [2.45, 2.75) is 4.90 Å². The zero-order valence-electron chi connectivity index (χ0n) is 14.8. The number of aromatic nitrogens is 1. The monoisotopic (exact) mass is 460 g/mol. The number of amides is 2. The zero-order chi connectivity index (χ0) is 20.1. The maximum Gasteiger partial charge on any atom is 0.323 e. The lowest BCUT2D eigenvalue weighted by molar-refractivity contribution is 0.262. The van der Waals surface area contributed by atoms with Crippen LogP contribution >= 0.6 is 15.9 Å². The number of anilines is 3. The second-order valence-electron chi connectivity index (χ2n) is 5.80. The number of sulfonamides is 1. The number of benzene rings is 2. The van der Waals surface area contributed by atoms with Crippen LogP contribution in [0, 0.1) is 0 Å². The second kappa shape index (κ2) is 8.41. The number of nitrogens with zero attached hydrogens (tertiary/aromatic N) is 2. The normalized spacial score (nSPS) is 10.9. The zero-order valence-corrected chi connectivity index (χ0v) is 17.2. The lowest BCUT2D eigenvalue weighted by Crippen LogP contribution is -2.26. The van der Waals surface area contributed by atoms with Crippen molar-refractivity contribution in [2.75, 3.05) is 22.0 Å². The van der Waals surface area contributed by atoms with Crippen molar-refractivity contribution < 1.29 is 13.2 Å². The topological polar surface area (TPSA) is 91.4 Å². The van der Waals surface area contributed by atoms with Gasteiger partial charge >= 0.3 is 6.03 Å². The van der Waals surface area contributed by atoms with Gasteiger partial charge in [0, 0.05) is 35.3 Å². The average molecular weight is 461 g/mol. The van der Waals surface area contributed by atoms with E-state index in [1.165, 1.54) is 25.5 Å². The molecule has 3 rings (SSSR count). The highest BCUT2D eigenvalue weighted by molar-refractivity contribution is 9.10. The molecule has 0 aliphatic carbocycles. The van der Waals surface area contributed by atoms with Crippen molar-refractivity contribution in [1.82, 2.24) is 4.98 Å². The fraction of sp³-hybridized carbons (Fsp3) is 0.0526. The van der Waals surface area contributed by atoms with Crippen LogP contribution in [0.5, 0.6) is 0 Å². The van der Waals surface area contributed by atoms with E-state index < -0.39 is 10.0 Å². The third-order valence-electron chi connectivity index (χ3n) is 3.86. The lowest BCUT2D eigenvalue weighted by Gasteiger charge is -2.19. The van der Waals surface area contributed by atoms with Crippen LogP contribution in [-0.4, -0.2) is 26.5 Å². The van der Waals surface area contributed by atoms with Crippen molar-refractivity contribution in [3.05, 3.63) is 77.5 Å². The number of hydrogen-bond acceptors (Lipinski definition) is 4. The van der Waals surface area contributed by atoms with Gasteiger partial charge in [0.1, 0.15) is 4.90 Å². The highest BCUT2D eigenvalue weighted by Gasteiger charge is 2.22. The van der Waals surface area contributed by atoms with Crippen LogP contribution in [0.1, 0.15) is 0 Å². The molecule has 0 saturated carbocycles. The Morgan fingerprint density at radius 1 is 0.964 bits per heavy atom. The predicted molar refractivity (Wildman–Crippen MR) is 113 cm³/mol. The van der Waals surface area contributed by atoms with Crippen LogP contribution in [0.15, 0.2) is 82.4 Å². The summed E-state index contributed by atoms with van der Waals surface area (Å²) in [6.07, 6.45) is 2.81.